The van der Waals surface area contributed by atoms with E-state index in [0.29, 0.717) is 0 Å². The Balaban J connectivity index is 1.48. The average molecular weight is 610 g/mol. The molecule has 44 heavy (non-hydrogen) atoms. The van der Waals surface area contributed by atoms with Crippen LogP contribution in [-0.2, 0) is 35.8 Å². The van der Waals surface area contributed by atoms with Crippen molar-refractivity contribution in [2.75, 3.05) is 7.11 Å². The van der Waals surface area contributed by atoms with Gasteiger partial charge in [0.1, 0.15) is 35.2 Å². The van der Waals surface area contributed by atoms with E-state index >= 15 is 0 Å². The summed E-state index contributed by atoms with van der Waals surface area (Å²) in [4.78, 5) is 69.5. The van der Waals surface area contributed by atoms with Crippen molar-refractivity contribution in [3.8, 4) is 5.75 Å². The Morgan fingerprint density at radius 2 is 1.66 bits per heavy atom. The van der Waals surface area contributed by atoms with Crippen molar-refractivity contribution in [2.45, 2.75) is 55.7 Å². The number of carbonyl (C=O) groups is 4. The molecule has 8 N–H and O–H groups in total. The molecule has 7 unspecified atom stereocenters. The summed E-state index contributed by atoms with van der Waals surface area (Å²) in [5.74, 6) is -7.61. The number of aromatic hydroxyl groups is 1. The zero-order valence-corrected chi connectivity index (χ0v) is 23.2. The number of methoxy groups -OCH3 is 1. The van der Waals surface area contributed by atoms with Crippen LogP contribution in [0.25, 0.3) is 10.8 Å². The Hall–Kier alpha value is -4.47. The van der Waals surface area contributed by atoms with Crippen LogP contribution in [0.15, 0.2) is 51.2 Å². The normalized spacial score (nSPS) is 27.4. The van der Waals surface area contributed by atoms with E-state index in [9.17, 15) is 59.7 Å². The molecule has 4 aliphatic rings. The Morgan fingerprint density at radius 3 is 2.30 bits per heavy atom. The van der Waals surface area contributed by atoms with Gasteiger partial charge in [0.25, 0.3) is 5.56 Å². The topological polar surface area (TPSA) is 252 Å². The van der Waals surface area contributed by atoms with Crippen LogP contribution >= 0.6 is 0 Å². The van der Waals surface area contributed by atoms with Crippen molar-refractivity contribution in [3.05, 3.63) is 73.6 Å². The summed E-state index contributed by atoms with van der Waals surface area (Å²) in [5, 5.41) is 73.8. The highest BCUT2D eigenvalue weighted by Gasteiger charge is 2.64. The summed E-state index contributed by atoms with van der Waals surface area (Å²) >= 11 is 0. The molecule has 0 fully saturated rings. The molecule has 0 aliphatic heterocycles. The number of fused-ring (bicyclic) bond motifs is 4. The predicted molar refractivity (Wildman–Crippen MR) is 146 cm³/mol. The quantitative estimate of drug-likeness (QED) is 0.180. The van der Waals surface area contributed by atoms with Gasteiger partial charge in [-0.15, -0.1) is 0 Å². The summed E-state index contributed by atoms with van der Waals surface area (Å²) < 4.78 is 4.92. The van der Waals surface area contributed by atoms with Gasteiger partial charge in [-0.1, -0.05) is 6.07 Å². The standard InChI is InChI=1S/C30H27NO13/c1-8(32)20(34)26(40)21(35)11-6-10-5-9-3-4-30(19(9)25(39)14(10)29(43)31-11)27(41)17-18(28(30)42)24(38)16-15(23(17)37)12(33)7-13(44-2)22(16)36/h5-8,16,20-21,24,26,32,34-35,37-40H,3-4H2,1-2H3,(H,31,43). The Bertz CT molecular complexity index is 1880. The molecule has 2 aromatic rings. The lowest BCUT2D eigenvalue weighted by Crippen LogP contribution is -2.43. The number of allylic oxidation sites excluding steroid dienone is 3. The van der Waals surface area contributed by atoms with Gasteiger partial charge < -0.3 is 45.5 Å². The second-order valence-corrected chi connectivity index (χ2v) is 11.4. The maximum atomic E-state index is 14.1. The lowest BCUT2D eigenvalue weighted by Gasteiger charge is -2.31. The first-order valence-corrected chi connectivity index (χ1v) is 13.6. The Labute approximate surface area is 246 Å². The minimum atomic E-state index is -2.19. The van der Waals surface area contributed by atoms with E-state index in [1.54, 1.807) is 0 Å². The Kier molecular flexibility index (Phi) is 6.57. The van der Waals surface area contributed by atoms with E-state index in [0.717, 1.165) is 13.2 Å². The fourth-order valence-corrected chi connectivity index (χ4v) is 6.92. The highest BCUT2D eigenvalue weighted by Crippen LogP contribution is 2.56. The number of ketones is 4. The summed E-state index contributed by atoms with van der Waals surface area (Å²) in [7, 11) is 1.12. The van der Waals surface area contributed by atoms with Crippen LogP contribution in [0.4, 0.5) is 0 Å². The van der Waals surface area contributed by atoms with Crippen LogP contribution in [0.5, 0.6) is 5.75 Å². The predicted octanol–water partition coefficient (Wildman–Crippen LogP) is -1.51. The van der Waals surface area contributed by atoms with Gasteiger partial charge in [0.2, 0.25) is 5.78 Å². The summed E-state index contributed by atoms with van der Waals surface area (Å²) in [6, 6.07) is 2.62. The fourth-order valence-electron chi connectivity index (χ4n) is 6.92. The lowest BCUT2D eigenvalue weighted by atomic mass is 9.73. The molecule has 0 bridgehead atoms. The minimum Gasteiger partial charge on any atom is -0.507 e. The van der Waals surface area contributed by atoms with Crippen molar-refractivity contribution >= 4 is 33.9 Å². The van der Waals surface area contributed by atoms with Crippen molar-refractivity contribution in [1.29, 1.82) is 0 Å². The number of hydrogen-bond acceptors (Lipinski definition) is 13. The first-order chi connectivity index (χ1) is 20.7. The second-order valence-electron chi connectivity index (χ2n) is 11.4. The molecule has 0 radical (unpaired) electrons. The Morgan fingerprint density at radius 1 is 0.977 bits per heavy atom. The van der Waals surface area contributed by atoms with Crippen LogP contribution < -0.4 is 5.56 Å². The third kappa shape index (κ3) is 3.63. The van der Waals surface area contributed by atoms with Gasteiger partial charge in [0.05, 0.1) is 47.5 Å². The monoisotopic (exact) mass is 609 g/mol. The number of ether oxygens (including phenoxy) is 1. The number of carbonyl (C=O) groups excluding carboxylic acids is 4. The summed E-state index contributed by atoms with van der Waals surface area (Å²) in [5.41, 5.74) is -5.22. The fraction of sp³-hybridized carbons (Fsp3) is 0.367. The highest BCUT2D eigenvalue weighted by atomic mass is 16.5. The number of phenols is 1. The van der Waals surface area contributed by atoms with Crippen LogP contribution in [0, 0.1) is 5.92 Å². The van der Waals surface area contributed by atoms with Gasteiger partial charge in [-0.05, 0) is 36.8 Å². The molecule has 1 spiro atoms. The lowest BCUT2D eigenvalue weighted by molar-refractivity contribution is -0.129. The maximum absolute atomic E-state index is 14.1. The number of benzene rings is 1. The highest BCUT2D eigenvalue weighted by molar-refractivity contribution is 6.36. The van der Waals surface area contributed by atoms with Gasteiger partial charge >= 0.3 is 0 Å². The zero-order valence-electron chi connectivity index (χ0n) is 23.2. The van der Waals surface area contributed by atoms with Gasteiger partial charge in [-0.2, -0.15) is 0 Å². The van der Waals surface area contributed by atoms with Crippen molar-refractivity contribution < 1.29 is 59.7 Å². The molecular formula is C30H27NO13. The molecule has 7 atom stereocenters. The number of aliphatic hydroxyl groups excluding tert-OH is 6. The number of nitrogens with one attached hydrogen (secondary N) is 1. The largest absolute Gasteiger partial charge is 0.507 e. The summed E-state index contributed by atoms with van der Waals surface area (Å²) in [6.07, 6.45) is -8.35. The molecule has 1 heterocycles. The number of phenolic OH excluding ortho intramolecular Hbond substituents is 1. The molecular weight excluding hydrogens is 582 g/mol. The van der Waals surface area contributed by atoms with E-state index in [4.69, 9.17) is 4.74 Å². The number of hydrogen-bond donors (Lipinski definition) is 8. The van der Waals surface area contributed by atoms with E-state index in [1.165, 1.54) is 19.1 Å². The number of H-pyrrole nitrogens is 1. The van der Waals surface area contributed by atoms with Gasteiger partial charge in [0.15, 0.2) is 23.1 Å². The molecule has 0 amide bonds. The molecule has 0 saturated heterocycles. The molecule has 14 nitrogen and oxygen atoms in total. The first kappa shape index (κ1) is 29.6. The number of rotatable bonds is 5. The maximum Gasteiger partial charge on any atom is 0.259 e. The van der Waals surface area contributed by atoms with Crippen molar-refractivity contribution in [3.63, 3.8) is 0 Å². The number of pyridine rings is 1. The van der Waals surface area contributed by atoms with E-state index in [1.807, 2.05) is 0 Å². The number of Topliss-reactive ketones (excluding diaryl/α,β-unsaturated/α-hetero) is 3. The average Bonchev–Trinajstić information content (AvgIpc) is 3.47. The van der Waals surface area contributed by atoms with E-state index < -0.39 is 105 Å². The number of aromatic nitrogens is 1. The molecule has 0 saturated carbocycles. The van der Waals surface area contributed by atoms with E-state index in [-0.39, 0.29) is 40.4 Å². The molecule has 6 rings (SSSR count). The van der Waals surface area contributed by atoms with Crippen LogP contribution in [-0.4, -0.2) is 95.4 Å². The smallest absolute Gasteiger partial charge is 0.259 e. The van der Waals surface area contributed by atoms with Gasteiger partial charge in [-0.3, -0.25) is 24.0 Å². The van der Waals surface area contributed by atoms with E-state index in [2.05, 4.69) is 4.98 Å². The van der Waals surface area contributed by atoms with Crippen LogP contribution in [0.1, 0.15) is 36.3 Å². The third-order valence-corrected chi connectivity index (χ3v) is 9.10. The molecule has 230 valence electrons. The molecule has 14 heteroatoms. The van der Waals surface area contributed by atoms with Crippen LogP contribution in [0.3, 0.4) is 0 Å². The second kappa shape index (κ2) is 9.77. The molecule has 1 aromatic carbocycles. The summed E-state index contributed by atoms with van der Waals surface area (Å²) in [6.45, 7) is 1.19. The number of aliphatic hydroxyl groups is 6. The molecule has 1 aromatic heterocycles. The number of aryl methyl sites for hydroxylation is 1. The van der Waals surface area contributed by atoms with Crippen LogP contribution in [0.2, 0.25) is 0 Å². The molecule has 4 aliphatic carbocycles. The number of aromatic amines is 1. The third-order valence-electron chi connectivity index (χ3n) is 9.10. The first-order valence-electron chi connectivity index (χ1n) is 13.6. The van der Waals surface area contributed by atoms with Gasteiger partial charge in [0, 0.05) is 17.2 Å². The van der Waals surface area contributed by atoms with Crippen molar-refractivity contribution in [2.24, 2.45) is 5.92 Å². The minimum absolute atomic E-state index is 0.00895. The van der Waals surface area contributed by atoms with Gasteiger partial charge in [-0.25, -0.2) is 0 Å². The zero-order chi connectivity index (χ0) is 32.2. The van der Waals surface area contributed by atoms with Crippen molar-refractivity contribution in [1.82, 2.24) is 4.98 Å². The SMILES string of the molecule is COC1=CC(=O)C2=C(O)C3=C(C(=O)C4(CCc5cc6cc(C(O)C(O)C(O)C(C)O)[nH]c(=O)c6c(O)c54)C3=O)C(O)C2C1=O.